The lowest BCUT2D eigenvalue weighted by Gasteiger charge is -2.23. The monoisotopic (exact) mass is 261 g/mol. The van der Waals surface area contributed by atoms with Gasteiger partial charge in [0.05, 0.1) is 12.3 Å². The van der Waals surface area contributed by atoms with Gasteiger partial charge in [0.15, 0.2) is 0 Å². The molecule has 7 nitrogen and oxygen atoms in total. The molecule has 0 bridgehead atoms. The first-order valence-corrected chi connectivity index (χ1v) is 5.85. The molecule has 0 aliphatic rings. The molecular weight excluding hydrogens is 246 g/mol. The first-order chi connectivity index (χ1) is 9.05. The Bertz CT molecular complexity index is 565. The lowest BCUT2D eigenvalue weighted by Crippen LogP contribution is -2.43. The highest BCUT2D eigenvalue weighted by atomic mass is 16.5. The molecule has 19 heavy (non-hydrogen) atoms. The van der Waals surface area contributed by atoms with Gasteiger partial charge in [0.2, 0.25) is 0 Å². The number of carbonyl (C=O) groups excluding carboxylic acids is 1. The van der Waals surface area contributed by atoms with E-state index < -0.39 is 11.5 Å². The third-order valence-electron chi connectivity index (χ3n) is 2.76. The number of aromatic nitrogens is 4. The fourth-order valence-electron chi connectivity index (χ4n) is 1.65. The minimum absolute atomic E-state index is 0.290. The Morgan fingerprint density at radius 3 is 2.95 bits per heavy atom. The number of benzene rings is 1. The zero-order valence-electron chi connectivity index (χ0n) is 10.8. The van der Waals surface area contributed by atoms with Crippen molar-refractivity contribution >= 4 is 5.97 Å². The van der Waals surface area contributed by atoms with Crippen LogP contribution in [0.4, 0.5) is 0 Å². The van der Waals surface area contributed by atoms with Gasteiger partial charge in [-0.25, -0.2) is 9.48 Å². The zero-order chi connectivity index (χ0) is 13.9. The van der Waals surface area contributed by atoms with Crippen LogP contribution in [0.3, 0.4) is 0 Å². The van der Waals surface area contributed by atoms with Crippen molar-refractivity contribution in [2.24, 2.45) is 5.73 Å². The molecule has 1 heterocycles. The van der Waals surface area contributed by atoms with Gasteiger partial charge >= 0.3 is 5.97 Å². The van der Waals surface area contributed by atoms with Crippen molar-refractivity contribution in [3.05, 3.63) is 36.2 Å². The van der Waals surface area contributed by atoms with E-state index in [1.54, 1.807) is 32.0 Å². The molecule has 1 atom stereocenters. The number of nitrogens with two attached hydrogens (primary N) is 1. The average Bonchev–Trinajstić information content (AvgIpc) is 2.93. The molecule has 2 rings (SSSR count). The third-order valence-corrected chi connectivity index (χ3v) is 2.76. The Labute approximate surface area is 110 Å². The maximum atomic E-state index is 11.9. The molecule has 2 N–H and O–H groups in total. The zero-order valence-corrected chi connectivity index (χ0v) is 10.8. The molecule has 1 aromatic carbocycles. The Balaban J connectivity index is 2.35. The molecule has 1 aromatic heterocycles. The first kappa shape index (κ1) is 13.2. The largest absolute Gasteiger partial charge is 0.464 e. The molecule has 0 amide bonds. The average molecular weight is 261 g/mol. The number of nitrogens with zero attached hydrogens (tertiary/aromatic N) is 4. The van der Waals surface area contributed by atoms with Gasteiger partial charge in [-0.05, 0) is 42.0 Å². The molecule has 0 saturated carbocycles. The van der Waals surface area contributed by atoms with Gasteiger partial charge < -0.3 is 10.5 Å². The molecule has 1 unspecified atom stereocenters. The third kappa shape index (κ3) is 2.60. The van der Waals surface area contributed by atoms with Gasteiger partial charge in [-0.1, -0.05) is 12.1 Å². The highest BCUT2D eigenvalue weighted by molar-refractivity contribution is 5.82. The smallest absolute Gasteiger partial charge is 0.330 e. The van der Waals surface area contributed by atoms with Crippen molar-refractivity contribution in [1.29, 1.82) is 0 Å². The summed E-state index contributed by atoms with van der Waals surface area (Å²) in [6.45, 7) is 3.65. The van der Waals surface area contributed by atoms with Crippen LogP contribution >= 0.6 is 0 Å². The molecule has 100 valence electrons. The lowest BCUT2D eigenvalue weighted by atomic mass is 9.93. The summed E-state index contributed by atoms with van der Waals surface area (Å²) in [5.74, 6) is -0.469. The molecular formula is C12H15N5O2. The highest BCUT2D eigenvalue weighted by Gasteiger charge is 2.32. The van der Waals surface area contributed by atoms with Crippen LogP contribution < -0.4 is 5.73 Å². The van der Waals surface area contributed by atoms with Gasteiger partial charge in [-0.3, -0.25) is 0 Å². The molecule has 0 saturated heterocycles. The maximum Gasteiger partial charge on any atom is 0.330 e. The van der Waals surface area contributed by atoms with Crippen molar-refractivity contribution in [3.63, 3.8) is 0 Å². The van der Waals surface area contributed by atoms with Gasteiger partial charge in [0.1, 0.15) is 11.9 Å². The molecule has 0 aliphatic heterocycles. The minimum Gasteiger partial charge on any atom is -0.464 e. The minimum atomic E-state index is -1.21. The molecule has 2 aromatic rings. The van der Waals surface area contributed by atoms with Crippen molar-refractivity contribution in [2.75, 3.05) is 6.61 Å². The second kappa shape index (κ2) is 5.15. The van der Waals surface area contributed by atoms with Gasteiger partial charge in [-0.2, -0.15) is 0 Å². The first-order valence-electron chi connectivity index (χ1n) is 5.85. The predicted molar refractivity (Wildman–Crippen MR) is 67.3 cm³/mol. The fraction of sp³-hybridized carbons (Fsp3) is 0.333. The number of rotatable bonds is 4. The van der Waals surface area contributed by atoms with Crippen molar-refractivity contribution in [1.82, 2.24) is 20.2 Å². The number of esters is 1. The van der Waals surface area contributed by atoms with Crippen LogP contribution in [-0.2, 0) is 15.1 Å². The highest BCUT2D eigenvalue weighted by Crippen LogP contribution is 2.21. The normalized spacial score (nSPS) is 13.8. The Morgan fingerprint density at radius 2 is 2.32 bits per heavy atom. The summed E-state index contributed by atoms with van der Waals surface area (Å²) in [4.78, 5) is 11.9. The summed E-state index contributed by atoms with van der Waals surface area (Å²) < 4.78 is 6.47. The molecule has 0 aliphatic carbocycles. The summed E-state index contributed by atoms with van der Waals surface area (Å²) in [5.41, 5.74) is 6.21. The summed E-state index contributed by atoms with van der Waals surface area (Å²) in [6.07, 6.45) is 1.47. The van der Waals surface area contributed by atoms with E-state index in [9.17, 15) is 4.79 Å². The standard InChI is InChI=1S/C12H15N5O2/c1-3-19-11(18)12(2,13)9-5-4-6-10(7-9)17-8-14-15-16-17/h4-8H,3,13H2,1-2H3. The summed E-state index contributed by atoms with van der Waals surface area (Å²) in [7, 11) is 0. The van der Waals surface area contributed by atoms with E-state index in [0.717, 1.165) is 5.69 Å². The van der Waals surface area contributed by atoms with E-state index in [4.69, 9.17) is 10.5 Å². The van der Waals surface area contributed by atoms with Crippen molar-refractivity contribution in [3.8, 4) is 5.69 Å². The Kier molecular flexibility index (Phi) is 3.57. The lowest BCUT2D eigenvalue weighted by molar-refractivity contribution is -0.149. The molecule has 0 fully saturated rings. The summed E-state index contributed by atoms with van der Waals surface area (Å²) in [5, 5.41) is 10.9. The number of ether oxygens (including phenoxy) is 1. The van der Waals surface area contributed by atoms with Crippen molar-refractivity contribution in [2.45, 2.75) is 19.4 Å². The Hall–Kier alpha value is -2.28. The predicted octanol–water partition coefficient (Wildman–Crippen LogP) is 0.399. The van der Waals surface area contributed by atoms with Gasteiger partial charge in [0, 0.05) is 0 Å². The maximum absolute atomic E-state index is 11.9. The van der Waals surface area contributed by atoms with Gasteiger partial charge in [0.25, 0.3) is 0 Å². The number of hydrogen-bond donors (Lipinski definition) is 1. The quantitative estimate of drug-likeness (QED) is 0.800. The van der Waals surface area contributed by atoms with Crippen LogP contribution in [0.1, 0.15) is 19.4 Å². The second-order valence-electron chi connectivity index (χ2n) is 4.23. The number of carbonyl (C=O) groups is 1. The second-order valence-corrected chi connectivity index (χ2v) is 4.23. The van der Waals surface area contributed by atoms with Crippen LogP contribution in [-0.4, -0.2) is 32.8 Å². The van der Waals surface area contributed by atoms with Crippen molar-refractivity contribution < 1.29 is 9.53 Å². The number of tetrazole rings is 1. The SMILES string of the molecule is CCOC(=O)C(C)(N)c1cccc(-n2cnnn2)c1. The Morgan fingerprint density at radius 1 is 1.53 bits per heavy atom. The van der Waals surface area contributed by atoms with Crippen LogP contribution in [0.25, 0.3) is 5.69 Å². The van der Waals surface area contributed by atoms with E-state index in [2.05, 4.69) is 15.5 Å². The van der Waals surface area contributed by atoms with E-state index in [0.29, 0.717) is 5.56 Å². The van der Waals surface area contributed by atoms with Crippen LogP contribution in [0.2, 0.25) is 0 Å². The molecule has 7 heteroatoms. The summed E-state index contributed by atoms with van der Waals surface area (Å²) in [6, 6.07) is 7.13. The van der Waals surface area contributed by atoms with Crippen LogP contribution in [0.5, 0.6) is 0 Å². The number of hydrogen-bond acceptors (Lipinski definition) is 6. The topological polar surface area (TPSA) is 95.9 Å². The fourth-order valence-corrected chi connectivity index (χ4v) is 1.65. The van der Waals surface area contributed by atoms with E-state index >= 15 is 0 Å². The van der Waals surface area contributed by atoms with E-state index in [1.807, 2.05) is 6.07 Å². The summed E-state index contributed by atoms with van der Waals surface area (Å²) >= 11 is 0. The van der Waals surface area contributed by atoms with Crippen LogP contribution in [0.15, 0.2) is 30.6 Å². The van der Waals surface area contributed by atoms with Crippen LogP contribution in [0, 0.1) is 0 Å². The molecule has 0 radical (unpaired) electrons. The van der Waals surface area contributed by atoms with E-state index in [1.165, 1.54) is 11.0 Å². The van der Waals surface area contributed by atoms with Gasteiger partial charge in [-0.15, -0.1) is 5.10 Å². The van der Waals surface area contributed by atoms with E-state index in [-0.39, 0.29) is 6.61 Å². The molecule has 0 spiro atoms.